The standard InChI is InChI=1S/C18H20F2N2O4/c1-3-15(23)22-8-6-11(7-9-22)17(24)21-16(18(25)26-2)13-10-12(19)4-5-14(13)20/h3-5,10-11,16H,1,6-9H2,2H3,(H,21,24). The number of piperidine rings is 1. The van der Waals surface area contributed by atoms with Crippen LogP contribution < -0.4 is 5.32 Å². The number of carbonyl (C=O) groups is 3. The van der Waals surface area contributed by atoms with Crippen LogP contribution in [0.25, 0.3) is 0 Å². The van der Waals surface area contributed by atoms with Gasteiger partial charge in [0, 0.05) is 24.6 Å². The van der Waals surface area contributed by atoms with E-state index in [-0.39, 0.29) is 11.5 Å². The molecule has 140 valence electrons. The van der Waals surface area contributed by atoms with Gasteiger partial charge in [-0.1, -0.05) is 6.58 Å². The normalized spacial score (nSPS) is 15.9. The van der Waals surface area contributed by atoms with Crippen molar-refractivity contribution in [2.24, 2.45) is 5.92 Å². The van der Waals surface area contributed by atoms with Gasteiger partial charge in [-0.25, -0.2) is 13.6 Å². The molecule has 1 saturated heterocycles. The summed E-state index contributed by atoms with van der Waals surface area (Å²) in [5, 5.41) is 2.44. The molecule has 0 aliphatic carbocycles. The summed E-state index contributed by atoms with van der Waals surface area (Å²) < 4.78 is 32.1. The van der Waals surface area contributed by atoms with Gasteiger partial charge in [0.25, 0.3) is 0 Å². The lowest BCUT2D eigenvalue weighted by Crippen LogP contribution is -2.44. The van der Waals surface area contributed by atoms with E-state index in [0.29, 0.717) is 25.9 Å². The zero-order valence-electron chi connectivity index (χ0n) is 14.3. The van der Waals surface area contributed by atoms with Gasteiger partial charge in [0.15, 0.2) is 6.04 Å². The van der Waals surface area contributed by atoms with E-state index in [1.54, 1.807) is 4.90 Å². The minimum atomic E-state index is -1.45. The molecule has 1 heterocycles. The van der Waals surface area contributed by atoms with Crippen LogP contribution in [-0.2, 0) is 19.1 Å². The zero-order chi connectivity index (χ0) is 19.3. The third-order valence-electron chi connectivity index (χ3n) is 4.34. The van der Waals surface area contributed by atoms with E-state index in [0.717, 1.165) is 25.3 Å². The fourth-order valence-corrected chi connectivity index (χ4v) is 2.87. The highest BCUT2D eigenvalue weighted by atomic mass is 19.1. The number of methoxy groups -OCH3 is 1. The third-order valence-corrected chi connectivity index (χ3v) is 4.34. The number of esters is 1. The number of nitrogens with one attached hydrogen (secondary N) is 1. The number of hydrogen-bond acceptors (Lipinski definition) is 4. The Bertz CT molecular complexity index is 715. The predicted molar refractivity (Wildman–Crippen MR) is 88.8 cm³/mol. The van der Waals surface area contributed by atoms with Crippen molar-refractivity contribution in [3.63, 3.8) is 0 Å². The van der Waals surface area contributed by atoms with Crippen LogP contribution in [-0.4, -0.2) is 42.9 Å². The van der Waals surface area contributed by atoms with E-state index in [1.807, 2.05) is 0 Å². The van der Waals surface area contributed by atoms with Crippen molar-refractivity contribution < 1.29 is 27.9 Å². The molecule has 1 unspecified atom stereocenters. The summed E-state index contributed by atoms with van der Waals surface area (Å²) in [6.07, 6.45) is 2.00. The van der Waals surface area contributed by atoms with Crippen LogP contribution in [0.4, 0.5) is 8.78 Å². The zero-order valence-corrected chi connectivity index (χ0v) is 14.3. The molecule has 0 spiro atoms. The summed E-state index contributed by atoms with van der Waals surface area (Å²) in [5.41, 5.74) is -0.301. The van der Waals surface area contributed by atoms with Gasteiger partial charge in [-0.15, -0.1) is 0 Å². The second-order valence-corrected chi connectivity index (χ2v) is 5.93. The summed E-state index contributed by atoms with van der Waals surface area (Å²) in [6, 6.07) is 1.20. The molecule has 1 aliphatic heterocycles. The maximum Gasteiger partial charge on any atom is 0.333 e. The number of ether oxygens (including phenoxy) is 1. The van der Waals surface area contributed by atoms with Crippen LogP contribution in [0.3, 0.4) is 0 Å². The number of halogens is 2. The van der Waals surface area contributed by atoms with E-state index in [4.69, 9.17) is 0 Å². The van der Waals surface area contributed by atoms with Crippen molar-refractivity contribution in [2.45, 2.75) is 18.9 Å². The minimum absolute atomic E-state index is 0.210. The van der Waals surface area contributed by atoms with E-state index in [2.05, 4.69) is 16.6 Å². The van der Waals surface area contributed by atoms with E-state index in [1.165, 1.54) is 6.08 Å². The monoisotopic (exact) mass is 366 g/mol. The fraction of sp³-hybridized carbons (Fsp3) is 0.389. The number of likely N-dealkylation sites (tertiary alicyclic amines) is 1. The maximum absolute atomic E-state index is 14.0. The van der Waals surface area contributed by atoms with E-state index < -0.39 is 35.5 Å². The highest BCUT2D eigenvalue weighted by Gasteiger charge is 2.32. The first kappa shape index (κ1) is 19.6. The van der Waals surface area contributed by atoms with Gasteiger partial charge >= 0.3 is 5.97 Å². The Morgan fingerprint density at radius 1 is 1.31 bits per heavy atom. The van der Waals surface area contributed by atoms with Crippen LogP contribution in [0, 0.1) is 17.6 Å². The first-order valence-corrected chi connectivity index (χ1v) is 8.11. The summed E-state index contributed by atoms with van der Waals surface area (Å²) in [7, 11) is 1.10. The van der Waals surface area contributed by atoms with Gasteiger partial charge in [-0.3, -0.25) is 9.59 Å². The Hall–Kier alpha value is -2.77. The highest BCUT2D eigenvalue weighted by Crippen LogP contribution is 2.23. The molecule has 2 amide bonds. The van der Waals surface area contributed by atoms with Gasteiger partial charge in [-0.05, 0) is 37.1 Å². The third kappa shape index (κ3) is 4.44. The number of amides is 2. The second kappa shape index (κ2) is 8.55. The molecule has 0 bridgehead atoms. The average molecular weight is 366 g/mol. The van der Waals surface area contributed by atoms with Crippen LogP contribution in [0.5, 0.6) is 0 Å². The molecule has 0 aromatic heterocycles. The molecule has 0 saturated carbocycles. The molecule has 1 aromatic rings. The van der Waals surface area contributed by atoms with Crippen LogP contribution in [0.15, 0.2) is 30.9 Å². The maximum atomic E-state index is 14.0. The van der Waals surface area contributed by atoms with Crippen LogP contribution in [0.2, 0.25) is 0 Å². The molecule has 1 N–H and O–H groups in total. The lowest BCUT2D eigenvalue weighted by Gasteiger charge is -2.31. The van der Waals surface area contributed by atoms with Gasteiger partial charge in [-0.2, -0.15) is 0 Å². The minimum Gasteiger partial charge on any atom is -0.467 e. The Morgan fingerprint density at radius 3 is 2.54 bits per heavy atom. The van der Waals surface area contributed by atoms with Crippen molar-refractivity contribution in [3.8, 4) is 0 Å². The SMILES string of the molecule is C=CC(=O)N1CCC(C(=O)NC(C(=O)OC)c2cc(F)ccc2F)CC1. The number of rotatable bonds is 5. The molecule has 2 rings (SSSR count). The van der Waals surface area contributed by atoms with Crippen molar-refractivity contribution in [1.82, 2.24) is 10.2 Å². The fourth-order valence-electron chi connectivity index (χ4n) is 2.87. The first-order chi connectivity index (χ1) is 12.4. The number of carbonyl (C=O) groups excluding carboxylic acids is 3. The number of nitrogens with zero attached hydrogens (tertiary/aromatic N) is 1. The second-order valence-electron chi connectivity index (χ2n) is 5.93. The van der Waals surface area contributed by atoms with Crippen molar-refractivity contribution >= 4 is 17.8 Å². The lowest BCUT2D eigenvalue weighted by molar-refractivity contribution is -0.146. The molecule has 8 heteroatoms. The van der Waals surface area contributed by atoms with Crippen molar-refractivity contribution in [1.29, 1.82) is 0 Å². The molecule has 1 aromatic carbocycles. The van der Waals surface area contributed by atoms with Crippen LogP contribution >= 0.6 is 0 Å². The molecular formula is C18H20F2N2O4. The molecule has 1 fully saturated rings. The predicted octanol–water partition coefficient (Wildman–Crippen LogP) is 1.72. The Morgan fingerprint density at radius 2 is 1.96 bits per heavy atom. The quantitative estimate of drug-likeness (QED) is 0.636. The summed E-state index contributed by atoms with van der Waals surface area (Å²) >= 11 is 0. The lowest BCUT2D eigenvalue weighted by atomic mass is 9.95. The number of hydrogen-bond donors (Lipinski definition) is 1. The van der Waals surface area contributed by atoms with Crippen molar-refractivity contribution in [2.75, 3.05) is 20.2 Å². The van der Waals surface area contributed by atoms with E-state index in [9.17, 15) is 23.2 Å². The molecule has 1 atom stereocenters. The smallest absolute Gasteiger partial charge is 0.333 e. The Balaban J connectivity index is 2.10. The molecule has 26 heavy (non-hydrogen) atoms. The van der Waals surface area contributed by atoms with Crippen molar-refractivity contribution in [3.05, 3.63) is 48.1 Å². The first-order valence-electron chi connectivity index (χ1n) is 8.11. The van der Waals surface area contributed by atoms with Gasteiger partial charge in [0.05, 0.1) is 7.11 Å². The van der Waals surface area contributed by atoms with Gasteiger partial charge < -0.3 is 15.0 Å². The molecular weight excluding hydrogens is 346 g/mol. The largest absolute Gasteiger partial charge is 0.467 e. The number of benzene rings is 1. The Labute approximate surface area is 149 Å². The molecule has 6 nitrogen and oxygen atoms in total. The molecule has 0 radical (unpaired) electrons. The van der Waals surface area contributed by atoms with Gasteiger partial charge in [0.1, 0.15) is 11.6 Å². The topological polar surface area (TPSA) is 75.7 Å². The average Bonchev–Trinajstić information content (AvgIpc) is 2.66. The summed E-state index contributed by atoms with van der Waals surface area (Å²) in [4.78, 5) is 37.6. The summed E-state index contributed by atoms with van der Waals surface area (Å²) in [6.45, 7) is 4.17. The van der Waals surface area contributed by atoms with Crippen LogP contribution in [0.1, 0.15) is 24.4 Å². The highest BCUT2D eigenvalue weighted by molar-refractivity contribution is 5.88. The summed E-state index contributed by atoms with van der Waals surface area (Å²) in [5.74, 6) is -3.60. The van der Waals surface area contributed by atoms with E-state index >= 15 is 0 Å². The molecule has 1 aliphatic rings. The van der Waals surface area contributed by atoms with Gasteiger partial charge in [0.2, 0.25) is 11.8 Å². The Kier molecular flexibility index (Phi) is 6.43.